The molecule has 0 saturated carbocycles. The van der Waals surface area contributed by atoms with Gasteiger partial charge in [-0.3, -0.25) is 4.79 Å². The maximum Gasteiger partial charge on any atom is 0.268 e. The summed E-state index contributed by atoms with van der Waals surface area (Å²) in [5.74, 6) is 0.485. The van der Waals surface area contributed by atoms with E-state index in [-0.39, 0.29) is 11.9 Å². The maximum absolute atomic E-state index is 12.4. The van der Waals surface area contributed by atoms with E-state index in [9.17, 15) is 4.79 Å². The predicted molar refractivity (Wildman–Crippen MR) is 72.7 cm³/mol. The van der Waals surface area contributed by atoms with E-state index < -0.39 is 6.10 Å². The van der Waals surface area contributed by atoms with Crippen LogP contribution in [0.5, 0.6) is 5.88 Å². The highest BCUT2D eigenvalue weighted by molar-refractivity contribution is 6.30. The minimum atomic E-state index is -0.490. The molecule has 1 N–H and O–H groups in total. The van der Waals surface area contributed by atoms with Crippen LogP contribution in [0.3, 0.4) is 0 Å². The number of piperidine rings is 1. The van der Waals surface area contributed by atoms with Crippen molar-refractivity contribution in [3.8, 4) is 5.88 Å². The Bertz CT molecular complexity index is 503. The molecule has 0 bridgehead atoms. The summed E-state index contributed by atoms with van der Waals surface area (Å²) in [5.41, 5.74) is 0.697. The molecule has 19 heavy (non-hydrogen) atoms. The molecule has 1 fully saturated rings. The number of hydrogen-bond acceptors (Lipinski definition) is 4. The van der Waals surface area contributed by atoms with Gasteiger partial charge in [0.2, 0.25) is 5.88 Å². The number of pyridine rings is 1. The van der Waals surface area contributed by atoms with Gasteiger partial charge in [-0.15, -0.1) is 0 Å². The van der Waals surface area contributed by atoms with Gasteiger partial charge in [-0.2, -0.15) is 0 Å². The van der Waals surface area contributed by atoms with Crippen LogP contribution in [0.2, 0.25) is 5.02 Å². The Hall–Kier alpha value is -1.33. The summed E-state index contributed by atoms with van der Waals surface area (Å²) >= 11 is 6.00. The van der Waals surface area contributed by atoms with Crippen molar-refractivity contribution in [2.75, 3.05) is 18.0 Å². The molecular weight excluding hydrogens is 266 g/mol. The number of amides is 1. The maximum atomic E-state index is 12.4. The quantitative estimate of drug-likeness (QED) is 0.850. The zero-order chi connectivity index (χ0) is 13.4. The van der Waals surface area contributed by atoms with Crippen molar-refractivity contribution < 1.29 is 9.53 Å². The van der Waals surface area contributed by atoms with Crippen LogP contribution in [0.1, 0.15) is 19.8 Å². The molecule has 1 amide bonds. The van der Waals surface area contributed by atoms with Crippen molar-refractivity contribution in [3.63, 3.8) is 0 Å². The fourth-order valence-electron chi connectivity index (χ4n) is 2.65. The number of hydrogen-bond donors (Lipinski definition) is 1. The fourth-order valence-corrected chi connectivity index (χ4v) is 2.81. The summed E-state index contributed by atoms with van der Waals surface area (Å²) in [6.07, 6.45) is 2.93. The molecule has 6 heteroatoms. The third-order valence-electron chi connectivity index (χ3n) is 3.61. The summed E-state index contributed by atoms with van der Waals surface area (Å²) in [4.78, 5) is 18.4. The number of aromatic nitrogens is 1. The second-order valence-electron chi connectivity index (χ2n) is 4.93. The lowest BCUT2D eigenvalue weighted by Gasteiger charge is -2.39. The number of anilines is 1. The molecule has 1 atom stereocenters. The lowest BCUT2D eigenvalue weighted by atomic mass is 10.0. The Labute approximate surface area is 116 Å². The van der Waals surface area contributed by atoms with Crippen LogP contribution in [0.15, 0.2) is 12.3 Å². The van der Waals surface area contributed by atoms with E-state index in [0.717, 1.165) is 25.9 Å². The Kier molecular flexibility index (Phi) is 3.33. The van der Waals surface area contributed by atoms with E-state index in [2.05, 4.69) is 10.3 Å². The van der Waals surface area contributed by atoms with E-state index in [1.54, 1.807) is 19.2 Å². The molecule has 2 aliphatic heterocycles. The molecular formula is C13H16ClN3O2. The lowest BCUT2D eigenvalue weighted by molar-refractivity contribution is -0.126. The zero-order valence-electron chi connectivity index (χ0n) is 10.7. The van der Waals surface area contributed by atoms with Gasteiger partial charge in [0.15, 0.2) is 6.10 Å². The second-order valence-corrected chi connectivity index (χ2v) is 5.36. The molecule has 0 aromatic carbocycles. The first-order valence-corrected chi connectivity index (χ1v) is 6.90. The Balaban J connectivity index is 2.01. The smallest absolute Gasteiger partial charge is 0.268 e. The molecule has 0 spiro atoms. The molecule has 1 aromatic rings. The van der Waals surface area contributed by atoms with Crippen molar-refractivity contribution in [2.45, 2.75) is 31.9 Å². The van der Waals surface area contributed by atoms with E-state index in [1.165, 1.54) is 0 Å². The molecule has 1 aromatic heterocycles. The fraction of sp³-hybridized carbons (Fsp3) is 0.538. The summed E-state index contributed by atoms with van der Waals surface area (Å²) in [6.45, 7) is 3.61. The monoisotopic (exact) mass is 281 g/mol. The van der Waals surface area contributed by atoms with Gasteiger partial charge in [0, 0.05) is 12.2 Å². The summed E-state index contributed by atoms with van der Waals surface area (Å²) in [6, 6.07) is 1.95. The minimum Gasteiger partial charge on any atom is -0.463 e. The molecule has 0 aliphatic carbocycles. The van der Waals surface area contributed by atoms with Gasteiger partial charge in [-0.05, 0) is 38.9 Å². The van der Waals surface area contributed by atoms with Gasteiger partial charge >= 0.3 is 0 Å². The van der Waals surface area contributed by atoms with Gasteiger partial charge in [0.1, 0.15) is 5.69 Å². The average molecular weight is 282 g/mol. The molecule has 102 valence electrons. The molecule has 2 aliphatic rings. The van der Waals surface area contributed by atoms with Gasteiger partial charge in [-0.1, -0.05) is 11.6 Å². The second kappa shape index (κ2) is 4.98. The first-order valence-electron chi connectivity index (χ1n) is 6.53. The highest BCUT2D eigenvalue weighted by atomic mass is 35.5. The van der Waals surface area contributed by atoms with Crippen molar-refractivity contribution >= 4 is 23.2 Å². The first-order chi connectivity index (χ1) is 9.16. The van der Waals surface area contributed by atoms with Crippen molar-refractivity contribution in [2.24, 2.45) is 0 Å². The summed E-state index contributed by atoms with van der Waals surface area (Å²) < 4.78 is 5.54. The number of halogens is 1. The van der Waals surface area contributed by atoms with Crippen LogP contribution in [-0.4, -0.2) is 36.1 Å². The predicted octanol–water partition coefficient (Wildman–Crippen LogP) is 1.60. The standard InChI is InChI=1S/C13H16ClN3O2/c1-8-13(18)17(10-2-4-15-5-3-10)11-6-9(14)7-16-12(11)19-8/h6-8,10,15H,2-5H2,1H3/t8-/m0/s1. The Morgan fingerprint density at radius 2 is 2.21 bits per heavy atom. The van der Waals surface area contributed by atoms with Gasteiger partial charge in [-0.25, -0.2) is 4.98 Å². The Morgan fingerprint density at radius 1 is 1.47 bits per heavy atom. The van der Waals surface area contributed by atoms with E-state index in [0.29, 0.717) is 16.6 Å². The normalized spacial score (nSPS) is 24.0. The van der Waals surface area contributed by atoms with Gasteiger partial charge < -0.3 is 15.0 Å². The number of rotatable bonds is 1. The first kappa shape index (κ1) is 12.7. The van der Waals surface area contributed by atoms with E-state index in [1.807, 2.05) is 4.90 Å². The van der Waals surface area contributed by atoms with Crippen LogP contribution in [-0.2, 0) is 4.79 Å². The van der Waals surface area contributed by atoms with Crippen LogP contribution >= 0.6 is 11.6 Å². The van der Waals surface area contributed by atoms with Crippen molar-refractivity contribution in [1.29, 1.82) is 0 Å². The number of ether oxygens (including phenoxy) is 1. The Morgan fingerprint density at radius 3 is 2.95 bits per heavy atom. The van der Waals surface area contributed by atoms with Crippen LogP contribution < -0.4 is 15.0 Å². The van der Waals surface area contributed by atoms with Crippen molar-refractivity contribution in [1.82, 2.24) is 10.3 Å². The summed E-state index contributed by atoms with van der Waals surface area (Å²) in [7, 11) is 0. The number of fused-ring (bicyclic) bond motifs is 1. The molecule has 3 rings (SSSR count). The molecule has 1 saturated heterocycles. The van der Waals surface area contributed by atoms with E-state index in [4.69, 9.17) is 16.3 Å². The zero-order valence-corrected chi connectivity index (χ0v) is 11.5. The van der Waals surface area contributed by atoms with Gasteiger partial charge in [0.05, 0.1) is 5.02 Å². The molecule has 3 heterocycles. The largest absolute Gasteiger partial charge is 0.463 e. The number of nitrogens with zero attached hydrogens (tertiary/aromatic N) is 2. The third kappa shape index (κ3) is 2.28. The van der Waals surface area contributed by atoms with Crippen LogP contribution in [0.4, 0.5) is 5.69 Å². The topological polar surface area (TPSA) is 54.5 Å². The molecule has 5 nitrogen and oxygen atoms in total. The minimum absolute atomic E-state index is 0.0107. The molecule has 0 unspecified atom stereocenters. The highest BCUT2D eigenvalue weighted by Crippen LogP contribution is 2.36. The summed E-state index contributed by atoms with van der Waals surface area (Å²) in [5, 5.41) is 3.82. The van der Waals surface area contributed by atoms with E-state index >= 15 is 0 Å². The van der Waals surface area contributed by atoms with Crippen LogP contribution in [0, 0.1) is 0 Å². The highest BCUT2D eigenvalue weighted by Gasteiger charge is 2.37. The third-order valence-corrected chi connectivity index (χ3v) is 3.81. The number of carbonyl (C=O) groups is 1. The average Bonchev–Trinajstić information content (AvgIpc) is 2.42. The number of carbonyl (C=O) groups excluding carboxylic acids is 1. The SMILES string of the molecule is C[C@@H]1Oc2ncc(Cl)cc2N(C2CCNCC2)C1=O. The number of nitrogens with one attached hydrogen (secondary N) is 1. The molecule has 0 radical (unpaired) electrons. The lowest BCUT2D eigenvalue weighted by Crippen LogP contribution is -2.52. The van der Waals surface area contributed by atoms with Gasteiger partial charge in [0.25, 0.3) is 5.91 Å². The van der Waals surface area contributed by atoms with Crippen molar-refractivity contribution in [3.05, 3.63) is 17.3 Å². The van der Waals surface area contributed by atoms with Crippen LogP contribution in [0.25, 0.3) is 0 Å².